The second-order valence-electron chi connectivity index (χ2n) is 14.6. The first-order valence-electron chi connectivity index (χ1n) is 17.1. The Bertz CT molecular complexity index is 2210. The van der Waals surface area contributed by atoms with E-state index in [0.29, 0.717) is 0 Å². The van der Waals surface area contributed by atoms with E-state index in [0.717, 1.165) is 61.1 Å². The maximum Gasteiger partial charge on any atom is 0 e. The molecule has 0 amide bonds. The van der Waals surface area contributed by atoms with E-state index in [1.54, 1.807) is 0 Å². The van der Waals surface area contributed by atoms with E-state index in [1.807, 2.05) is 80.8 Å². The minimum Gasteiger partial charge on any atom is 0 e. The minimum absolute atomic E-state index is 0. The summed E-state index contributed by atoms with van der Waals surface area (Å²) in [6, 6.07) is 41.7. The maximum absolute atomic E-state index is 8.77. The third-order valence-corrected chi connectivity index (χ3v) is 12.9. The summed E-state index contributed by atoms with van der Waals surface area (Å²) in [5, 5.41) is 2.02. The molecule has 0 fully saturated rings. The number of hydrogen-bond acceptors (Lipinski definition) is 3. The summed E-state index contributed by atoms with van der Waals surface area (Å²) in [5.74, 6) is 6.34. The van der Waals surface area contributed by atoms with Crippen LogP contribution in [0.5, 0.6) is 0 Å². The van der Waals surface area contributed by atoms with Gasteiger partial charge in [-0.3, -0.25) is 0 Å². The minimum atomic E-state index is -1.72. The van der Waals surface area contributed by atoms with Gasteiger partial charge in [-0.15, -0.1) is 17.7 Å². The van der Waals surface area contributed by atoms with Crippen LogP contribution in [0.25, 0.3) is 55.6 Å². The SMILES string of the molecule is [2H]C(C)(C)c1cc(-c2ccccc2)cc2c1oc1cc(-c3cc(C(C)(C)C)ccn3)[c-]cc12.[CH3][Ge]([CH3])([CH3])[c]1ccc(-c2[c-]cccc2)nc1.[Ir]. The molecule has 251 valence electrons. The number of benzene rings is 4. The summed E-state index contributed by atoms with van der Waals surface area (Å²) in [6.45, 7) is 10.4. The largest absolute Gasteiger partial charge is 0 e. The quantitative estimate of drug-likeness (QED) is 0.128. The molecule has 5 heteroatoms. The van der Waals surface area contributed by atoms with Crippen LogP contribution in [-0.2, 0) is 25.5 Å². The predicted octanol–water partition coefficient (Wildman–Crippen LogP) is 11.6. The Labute approximate surface area is 309 Å². The molecule has 1 radical (unpaired) electrons. The number of furan rings is 1. The van der Waals surface area contributed by atoms with Gasteiger partial charge in [-0.1, -0.05) is 88.5 Å². The van der Waals surface area contributed by atoms with Crippen LogP contribution in [0.1, 0.15) is 53.0 Å². The van der Waals surface area contributed by atoms with Gasteiger partial charge >= 0.3 is 99.8 Å². The molecule has 7 rings (SSSR count). The zero-order valence-corrected chi connectivity index (χ0v) is 34.1. The Morgan fingerprint density at radius 3 is 2.14 bits per heavy atom. The predicted molar refractivity (Wildman–Crippen MR) is 206 cm³/mol. The fourth-order valence-electron chi connectivity index (χ4n) is 5.73. The topological polar surface area (TPSA) is 38.9 Å². The third kappa shape index (κ3) is 8.32. The van der Waals surface area contributed by atoms with Crippen molar-refractivity contribution in [1.82, 2.24) is 9.97 Å². The Kier molecular flexibility index (Phi) is 10.7. The van der Waals surface area contributed by atoms with Crippen molar-refractivity contribution in [3.05, 3.63) is 139 Å². The second-order valence-corrected chi connectivity index (χ2v) is 25.3. The van der Waals surface area contributed by atoms with Crippen molar-refractivity contribution >= 4 is 39.6 Å². The Morgan fingerprint density at radius 2 is 1.51 bits per heavy atom. The number of fused-ring (bicyclic) bond motifs is 3. The molecule has 3 nitrogen and oxygen atoms in total. The zero-order chi connectivity index (χ0) is 35.0. The molecule has 0 N–H and O–H groups in total. The van der Waals surface area contributed by atoms with E-state index in [-0.39, 0.29) is 25.5 Å². The van der Waals surface area contributed by atoms with Crippen LogP contribution in [0.15, 0.2) is 120 Å². The van der Waals surface area contributed by atoms with Gasteiger partial charge in [0.15, 0.2) is 0 Å². The maximum atomic E-state index is 8.77. The van der Waals surface area contributed by atoms with Gasteiger partial charge in [-0.2, -0.15) is 0 Å². The van der Waals surface area contributed by atoms with Crippen molar-refractivity contribution in [2.75, 3.05) is 0 Å². The Hall–Kier alpha value is -3.83. The van der Waals surface area contributed by atoms with Gasteiger partial charge in [0, 0.05) is 27.7 Å². The standard InChI is InChI=1S/C30H28NO.C14H16GeN.Ir/c1-19(2)25-15-22(20-9-7-6-8-10-20)16-26-24-12-11-21(17-28(24)32-29(25)26)27-18-23(13-14-31-27)30(3,4)5;1-15(2,3)13-9-10-14(16-11-13)12-7-5-4-6-8-12;/h6-10,12-19H,1-5H3;4-7,9-11H,1-3H3;/q2*-1;/i19D;;. The number of hydrogen-bond donors (Lipinski definition) is 0. The van der Waals surface area contributed by atoms with Crippen molar-refractivity contribution in [3.63, 3.8) is 0 Å². The van der Waals surface area contributed by atoms with Gasteiger partial charge in [0.2, 0.25) is 0 Å². The monoisotopic (exact) mass is 884 g/mol. The normalized spacial score (nSPS) is 12.2. The molecule has 0 unspecified atom stereocenters. The molecule has 0 spiro atoms. The van der Waals surface area contributed by atoms with E-state index in [9.17, 15) is 0 Å². The van der Waals surface area contributed by atoms with Crippen molar-refractivity contribution in [2.24, 2.45) is 0 Å². The summed E-state index contributed by atoms with van der Waals surface area (Å²) in [6.07, 6.45) is 3.90. The first-order valence-corrected chi connectivity index (χ1v) is 23.9. The molecule has 0 saturated heterocycles. The van der Waals surface area contributed by atoms with Crippen LogP contribution in [0.2, 0.25) is 17.3 Å². The summed E-state index contributed by atoms with van der Waals surface area (Å²) in [5.41, 5.74) is 9.80. The van der Waals surface area contributed by atoms with Crippen LogP contribution in [0.4, 0.5) is 0 Å². The van der Waals surface area contributed by atoms with Crippen molar-refractivity contribution in [2.45, 2.75) is 63.2 Å². The van der Waals surface area contributed by atoms with E-state index in [4.69, 9.17) is 5.79 Å². The van der Waals surface area contributed by atoms with E-state index in [1.165, 1.54) is 9.96 Å². The molecule has 3 heterocycles. The van der Waals surface area contributed by atoms with Crippen molar-refractivity contribution in [3.8, 4) is 33.6 Å². The van der Waals surface area contributed by atoms with Crippen LogP contribution >= 0.6 is 0 Å². The van der Waals surface area contributed by atoms with Gasteiger partial charge < -0.3 is 9.40 Å². The first-order chi connectivity index (χ1) is 23.2. The number of rotatable bonds is 5. The van der Waals surface area contributed by atoms with Gasteiger partial charge in [-0.05, 0) is 56.8 Å². The molecule has 0 aliphatic heterocycles. The van der Waals surface area contributed by atoms with Crippen LogP contribution in [0, 0.1) is 12.1 Å². The van der Waals surface area contributed by atoms with Crippen LogP contribution in [-0.4, -0.2) is 23.2 Å². The molecular weight excluding hydrogens is 837 g/mol. The summed E-state index contributed by atoms with van der Waals surface area (Å²) >= 11 is -1.72. The van der Waals surface area contributed by atoms with E-state index < -0.39 is 19.2 Å². The molecule has 49 heavy (non-hydrogen) atoms. The molecular formula is C44H44GeIrN2O-2. The van der Waals surface area contributed by atoms with Crippen LogP contribution in [0.3, 0.4) is 0 Å². The summed E-state index contributed by atoms with van der Waals surface area (Å²) in [7, 11) is 0. The van der Waals surface area contributed by atoms with E-state index in [2.05, 4.69) is 109 Å². The summed E-state index contributed by atoms with van der Waals surface area (Å²) < 4.78 is 16.6. The Balaban J connectivity index is 0.000000241. The summed E-state index contributed by atoms with van der Waals surface area (Å²) in [4.78, 5) is 9.12. The van der Waals surface area contributed by atoms with Gasteiger partial charge in [0.25, 0.3) is 0 Å². The molecule has 0 atom stereocenters. The van der Waals surface area contributed by atoms with Crippen LogP contribution < -0.4 is 4.40 Å². The average molecular weight is 883 g/mol. The van der Waals surface area contributed by atoms with Crippen molar-refractivity contribution < 1.29 is 25.9 Å². The smallest absolute Gasteiger partial charge is 0 e. The molecule has 0 saturated carbocycles. The average Bonchev–Trinajstić information content (AvgIpc) is 3.45. The molecule has 3 aromatic heterocycles. The molecule has 4 aromatic carbocycles. The molecule has 7 aromatic rings. The first kappa shape index (κ1) is 35.0. The Morgan fingerprint density at radius 1 is 0.755 bits per heavy atom. The van der Waals surface area contributed by atoms with Gasteiger partial charge in [0.1, 0.15) is 5.58 Å². The number of nitrogens with zero attached hydrogens (tertiary/aromatic N) is 2. The zero-order valence-electron chi connectivity index (χ0n) is 30.6. The van der Waals surface area contributed by atoms with Gasteiger partial charge in [-0.25, -0.2) is 0 Å². The fraction of sp³-hybridized carbons (Fsp3) is 0.227. The molecule has 0 bridgehead atoms. The fourth-order valence-corrected chi connectivity index (χ4v) is 7.90. The second kappa shape index (κ2) is 15.0. The van der Waals surface area contributed by atoms with Crippen molar-refractivity contribution in [1.29, 1.82) is 0 Å². The number of pyridine rings is 2. The van der Waals surface area contributed by atoms with Gasteiger partial charge in [0.05, 0.1) is 5.58 Å². The number of aromatic nitrogens is 2. The third-order valence-electron chi connectivity index (χ3n) is 8.67. The molecule has 0 aliphatic rings. The molecule has 0 aliphatic carbocycles. The van der Waals surface area contributed by atoms with E-state index >= 15 is 0 Å².